The molecule has 112 valence electrons. The number of halogens is 1. The third-order valence-electron chi connectivity index (χ3n) is 2.55. The molecule has 0 amide bonds. The molecule has 0 aliphatic carbocycles. The highest BCUT2D eigenvalue weighted by Crippen LogP contribution is 2.37. The molecule has 0 spiro atoms. The zero-order valence-corrected chi connectivity index (χ0v) is 13.2. The summed E-state index contributed by atoms with van der Waals surface area (Å²) in [6.45, 7) is 3.49. The van der Waals surface area contributed by atoms with E-state index in [1.165, 1.54) is 12.1 Å². The predicted molar refractivity (Wildman–Crippen MR) is 78.9 cm³/mol. The molecule has 0 aliphatic rings. The smallest absolute Gasteiger partial charge is 0.335 e. The largest absolute Gasteiger partial charge is 0.490 e. The fraction of sp³-hybridized carbons (Fsp3) is 0.500. The van der Waals surface area contributed by atoms with Gasteiger partial charge in [0.2, 0.25) is 0 Å². The first kappa shape index (κ1) is 16.8. The Morgan fingerprint density at radius 2 is 1.95 bits per heavy atom. The van der Waals surface area contributed by atoms with E-state index in [9.17, 15) is 4.79 Å². The SMILES string of the molecule is CCOc1cc(C(=O)O)cc(Br)c1OCCCCOC. The number of carbonyl (C=O) groups is 1. The molecular weight excluding hydrogens is 328 g/mol. The fourth-order valence-electron chi connectivity index (χ4n) is 1.62. The Balaban J connectivity index is 2.79. The molecule has 1 aromatic carbocycles. The third-order valence-corrected chi connectivity index (χ3v) is 3.13. The number of hydrogen-bond acceptors (Lipinski definition) is 4. The Bertz CT molecular complexity index is 447. The Kier molecular flexibility index (Phi) is 7.40. The average Bonchev–Trinajstić information content (AvgIpc) is 2.40. The maximum atomic E-state index is 11.0. The lowest BCUT2D eigenvalue weighted by molar-refractivity contribution is 0.0696. The molecule has 0 radical (unpaired) electrons. The van der Waals surface area contributed by atoms with Gasteiger partial charge in [-0.2, -0.15) is 0 Å². The van der Waals surface area contributed by atoms with Gasteiger partial charge in [-0.1, -0.05) is 0 Å². The van der Waals surface area contributed by atoms with Crippen molar-refractivity contribution in [2.45, 2.75) is 19.8 Å². The number of ether oxygens (including phenoxy) is 3. The van der Waals surface area contributed by atoms with Gasteiger partial charge in [0.05, 0.1) is 23.2 Å². The fourth-order valence-corrected chi connectivity index (χ4v) is 2.17. The van der Waals surface area contributed by atoms with Crippen LogP contribution in [-0.4, -0.2) is 38.0 Å². The van der Waals surface area contributed by atoms with Crippen molar-refractivity contribution in [2.24, 2.45) is 0 Å². The van der Waals surface area contributed by atoms with Gasteiger partial charge < -0.3 is 19.3 Å². The minimum absolute atomic E-state index is 0.159. The van der Waals surface area contributed by atoms with Crippen LogP contribution in [0, 0.1) is 0 Å². The molecule has 0 bridgehead atoms. The van der Waals surface area contributed by atoms with Crippen LogP contribution < -0.4 is 9.47 Å². The summed E-state index contributed by atoms with van der Waals surface area (Å²) in [6, 6.07) is 2.98. The van der Waals surface area contributed by atoms with E-state index in [4.69, 9.17) is 19.3 Å². The summed E-state index contributed by atoms with van der Waals surface area (Å²) in [7, 11) is 1.66. The summed E-state index contributed by atoms with van der Waals surface area (Å²) in [5.74, 6) is -0.0291. The normalized spacial score (nSPS) is 10.3. The molecule has 0 atom stereocenters. The van der Waals surface area contributed by atoms with Crippen LogP contribution in [0.3, 0.4) is 0 Å². The van der Waals surface area contributed by atoms with Crippen LogP contribution in [0.5, 0.6) is 11.5 Å². The van der Waals surface area contributed by atoms with Crippen molar-refractivity contribution >= 4 is 21.9 Å². The first-order valence-corrected chi connectivity index (χ1v) is 7.20. The Morgan fingerprint density at radius 3 is 2.55 bits per heavy atom. The van der Waals surface area contributed by atoms with Gasteiger partial charge in [0.15, 0.2) is 11.5 Å². The highest BCUT2D eigenvalue weighted by molar-refractivity contribution is 9.10. The van der Waals surface area contributed by atoms with E-state index in [0.717, 1.165) is 12.8 Å². The number of benzene rings is 1. The molecule has 1 rings (SSSR count). The highest BCUT2D eigenvalue weighted by atomic mass is 79.9. The molecule has 0 saturated carbocycles. The van der Waals surface area contributed by atoms with Gasteiger partial charge in [-0.15, -0.1) is 0 Å². The lowest BCUT2D eigenvalue weighted by atomic mass is 10.2. The molecule has 0 aromatic heterocycles. The van der Waals surface area contributed by atoms with Crippen molar-refractivity contribution in [1.82, 2.24) is 0 Å². The van der Waals surface area contributed by atoms with Crippen LogP contribution >= 0.6 is 15.9 Å². The van der Waals surface area contributed by atoms with E-state index in [-0.39, 0.29) is 5.56 Å². The minimum Gasteiger partial charge on any atom is -0.490 e. The summed E-state index contributed by atoms with van der Waals surface area (Å²) < 4.78 is 16.7. The third kappa shape index (κ3) is 5.02. The first-order valence-electron chi connectivity index (χ1n) is 6.41. The molecule has 0 heterocycles. The summed E-state index contributed by atoms with van der Waals surface area (Å²) in [5.41, 5.74) is 0.159. The zero-order valence-electron chi connectivity index (χ0n) is 11.6. The van der Waals surface area contributed by atoms with Crippen LogP contribution in [-0.2, 0) is 4.74 Å². The Labute approximate surface area is 127 Å². The van der Waals surface area contributed by atoms with Crippen molar-refractivity contribution in [2.75, 3.05) is 26.9 Å². The molecule has 5 nitrogen and oxygen atoms in total. The van der Waals surface area contributed by atoms with E-state index in [1.807, 2.05) is 6.92 Å². The summed E-state index contributed by atoms with van der Waals surface area (Å²) in [4.78, 5) is 11.0. The standard InChI is InChI=1S/C14H19BrO5/c1-3-19-12-9-10(14(16)17)8-11(15)13(12)20-7-5-4-6-18-2/h8-9H,3-7H2,1-2H3,(H,16,17). The molecule has 0 saturated heterocycles. The van der Waals surface area contributed by atoms with Crippen LogP contribution in [0.25, 0.3) is 0 Å². The number of rotatable bonds is 9. The summed E-state index contributed by atoms with van der Waals surface area (Å²) in [5, 5.41) is 9.03. The minimum atomic E-state index is -1.00. The number of unbranched alkanes of at least 4 members (excludes halogenated alkanes) is 1. The van der Waals surface area contributed by atoms with Gasteiger partial charge in [-0.3, -0.25) is 0 Å². The monoisotopic (exact) mass is 346 g/mol. The molecule has 0 unspecified atom stereocenters. The van der Waals surface area contributed by atoms with Crippen LogP contribution in [0.1, 0.15) is 30.1 Å². The van der Waals surface area contributed by atoms with E-state index >= 15 is 0 Å². The van der Waals surface area contributed by atoms with Crippen molar-refractivity contribution < 1.29 is 24.1 Å². The molecule has 6 heteroatoms. The van der Waals surface area contributed by atoms with E-state index in [2.05, 4.69) is 15.9 Å². The second-order valence-corrected chi connectivity index (χ2v) is 4.93. The van der Waals surface area contributed by atoms with Crippen LogP contribution in [0.2, 0.25) is 0 Å². The molecule has 0 fully saturated rings. The maximum absolute atomic E-state index is 11.0. The number of carboxylic acid groups (broad SMARTS) is 1. The highest BCUT2D eigenvalue weighted by Gasteiger charge is 2.15. The number of aromatic carboxylic acids is 1. The quantitative estimate of drug-likeness (QED) is 0.694. The molecule has 1 aromatic rings. The Hall–Kier alpha value is -1.27. The van der Waals surface area contributed by atoms with Gasteiger partial charge in [0.1, 0.15) is 0 Å². The molecular formula is C14H19BrO5. The van der Waals surface area contributed by atoms with Crippen molar-refractivity contribution in [3.8, 4) is 11.5 Å². The average molecular weight is 347 g/mol. The first-order chi connectivity index (χ1) is 9.60. The number of methoxy groups -OCH3 is 1. The van der Waals surface area contributed by atoms with Crippen molar-refractivity contribution in [1.29, 1.82) is 0 Å². The maximum Gasteiger partial charge on any atom is 0.335 e. The van der Waals surface area contributed by atoms with E-state index < -0.39 is 5.97 Å². The molecule has 1 N–H and O–H groups in total. The lowest BCUT2D eigenvalue weighted by Gasteiger charge is -2.14. The van der Waals surface area contributed by atoms with E-state index in [0.29, 0.717) is 35.8 Å². The van der Waals surface area contributed by atoms with E-state index in [1.54, 1.807) is 7.11 Å². The Morgan fingerprint density at radius 1 is 1.25 bits per heavy atom. The summed E-state index contributed by atoms with van der Waals surface area (Å²) in [6.07, 6.45) is 1.76. The second kappa shape index (κ2) is 8.81. The predicted octanol–water partition coefficient (Wildman–Crippen LogP) is 3.35. The van der Waals surface area contributed by atoms with Gasteiger partial charge in [0, 0.05) is 13.7 Å². The lowest BCUT2D eigenvalue weighted by Crippen LogP contribution is -2.05. The topological polar surface area (TPSA) is 65.0 Å². The van der Waals surface area contributed by atoms with Crippen LogP contribution in [0.4, 0.5) is 0 Å². The van der Waals surface area contributed by atoms with Gasteiger partial charge in [-0.25, -0.2) is 4.79 Å². The zero-order chi connectivity index (χ0) is 15.0. The van der Waals surface area contributed by atoms with Crippen molar-refractivity contribution in [3.63, 3.8) is 0 Å². The number of hydrogen-bond donors (Lipinski definition) is 1. The van der Waals surface area contributed by atoms with Crippen molar-refractivity contribution in [3.05, 3.63) is 22.2 Å². The van der Waals surface area contributed by atoms with Gasteiger partial charge >= 0.3 is 5.97 Å². The second-order valence-electron chi connectivity index (χ2n) is 4.07. The molecule has 20 heavy (non-hydrogen) atoms. The number of carboxylic acids is 1. The summed E-state index contributed by atoms with van der Waals surface area (Å²) >= 11 is 3.33. The van der Waals surface area contributed by atoms with Gasteiger partial charge in [0.25, 0.3) is 0 Å². The van der Waals surface area contributed by atoms with Gasteiger partial charge in [-0.05, 0) is 47.8 Å². The van der Waals surface area contributed by atoms with Crippen LogP contribution in [0.15, 0.2) is 16.6 Å². The molecule has 0 aliphatic heterocycles.